The molecule has 0 unspecified atom stereocenters. The molecule has 2 heterocycles. The van der Waals surface area contributed by atoms with Gasteiger partial charge in [0.1, 0.15) is 0 Å². The zero-order chi connectivity index (χ0) is 20.9. The topological polar surface area (TPSA) is 67.9 Å². The third-order valence-electron chi connectivity index (χ3n) is 5.69. The molecule has 2 aliphatic heterocycles. The van der Waals surface area contributed by atoms with E-state index in [9.17, 15) is 9.59 Å². The van der Waals surface area contributed by atoms with Crippen LogP contribution in [0.2, 0.25) is 0 Å². The van der Waals surface area contributed by atoms with Gasteiger partial charge in [-0.05, 0) is 36.1 Å². The molecule has 0 aromatic heterocycles. The van der Waals surface area contributed by atoms with Gasteiger partial charge in [-0.1, -0.05) is 36.4 Å². The van der Waals surface area contributed by atoms with Gasteiger partial charge >= 0.3 is 0 Å². The molecule has 30 heavy (non-hydrogen) atoms. The molecule has 158 valence electrons. The zero-order valence-corrected chi connectivity index (χ0v) is 17.3. The summed E-state index contributed by atoms with van der Waals surface area (Å²) in [5.74, 6) is 1.43. The van der Waals surface area contributed by atoms with E-state index >= 15 is 0 Å². The average molecular weight is 408 g/mol. The van der Waals surface area contributed by atoms with E-state index in [1.165, 1.54) is 6.92 Å². The van der Waals surface area contributed by atoms with Crippen molar-refractivity contribution >= 4 is 11.8 Å². The number of nitrogens with one attached hydrogen (secondary N) is 1. The molecular weight excluding hydrogens is 380 g/mol. The number of rotatable bonds is 5. The number of hydrogen-bond donors (Lipinski definition) is 1. The van der Waals surface area contributed by atoms with Crippen molar-refractivity contribution in [2.45, 2.75) is 44.7 Å². The lowest BCUT2D eigenvalue weighted by Gasteiger charge is -2.28. The third kappa shape index (κ3) is 4.58. The summed E-state index contributed by atoms with van der Waals surface area (Å²) in [5.41, 5.74) is 2.01. The molecule has 6 heteroatoms. The van der Waals surface area contributed by atoms with Crippen LogP contribution in [0.4, 0.5) is 0 Å². The first kappa shape index (κ1) is 20.3. The fourth-order valence-corrected chi connectivity index (χ4v) is 4.27. The Labute approximate surface area is 177 Å². The number of carbonyl (C=O) groups excluding carboxylic acids is 2. The minimum Gasteiger partial charge on any atom is -0.490 e. The van der Waals surface area contributed by atoms with E-state index in [-0.39, 0.29) is 30.3 Å². The van der Waals surface area contributed by atoms with Crippen LogP contribution in [0.1, 0.15) is 55.8 Å². The van der Waals surface area contributed by atoms with Gasteiger partial charge in [0, 0.05) is 19.9 Å². The molecule has 1 fully saturated rings. The second kappa shape index (κ2) is 9.20. The summed E-state index contributed by atoms with van der Waals surface area (Å²) < 4.78 is 11.6. The molecule has 2 aromatic carbocycles. The van der Waals surface area contributed by atoms with Crippen LogP contribution in [-0.4, -0.2) is 36.5 Å². The lowest BCUT2D eigenvalue weighted by molar-refractivity contribution is -0.133. The zero-order valence-electron chi connectivity index (χ0n) is 17.3. The number of likely N-dealkylation sites (tertiary alicyclic amines) is 1. The molecule has 1 N–H and O–H groups in total. The number of hydrogen-bond acceptors (Lipinski definition) is 4. The van der Waals surface area contributed by atoms with E-state index in [0.29, 0.717) is 13.2 Å². The standard InChI is InChI=1S/C24H28N2O4/c1-17(27)25-20(18-7-3-2-4-8-18)16-24(28)26-12-5-9-21(26)19-10-11-22-23(15-19)30-14-6-13-29-22/h2-4,7-8,10-11,15,20-21H,5-6,9,12-14,16H2,1H3,(H,25,27)/t20-,21+/m1/s1. The molecule has 0 bridgehead atoms. The number of nitrogens with zero attached hydrogens (tertiary/aromatic N) is 1. The van der Waals surface area contributed by atoms with Crippen LogP contribution in [0.3, 0.4) is 0 Å². The van der Waals surface area contributed by atoms with Crippen LogP contribution in [-0.2, 0) is 9.59 Å². The molecule has 0 saturated carbocycles. The van der Waals surface area contributed by atoms with Crippen LogP contribution in [0.15, 0.2) is 48.5 Å². The first-order chi connectivity index (χ1) is 14.6. The van der Waals surface area contributed by atoms with Gasteiger partial charge in [0.2, 0.25) is 11.8 Å². The molecule has 6 nitrogen and oxygen atoms in total. The third-order valence-corrected chi connectivity index (χ3v) is 5.69. The smallest absolute Gasteiger partial charge is 0.225 e. The van der Waals surface area contributed by atoms with Crippen molar-refractivity contribution in [1.29, 1.82) is 0 Å². The van der Waals surface area contributed by atoms with Crippen molar-refractivity contribution in [3.05, 3.63) is 59.7 Å². The van der Waals surface area contributed by atoms with Crippen molar-refractivity contribution in [1.82, 2.24) is 10.2 Å². The highest BCUT2D eigenvalue weighted by molar-refractivity contribution is 5.80. The Morgan fingerprint density at radius 3 is 2.60 bits per heavy atom. The Morgan fingerprint density at radius 2 is 1.83 bits per heavy atom. The summed E-state index contributed by atoms with van der Waals surface area (Å²) in [7, 11) is 0. The summed E-state index contributed by atoms with van der Waals surface area (Å²) in [5, 5.41) is 2.93. The van der Waals surface area contributed by atoms with Crippen LogP contribution in [0.25, 0.3) is 0 Å². The highest BCUT2D eigenvalue weighted by Gasteiger charge is 2.32. The average Bonchev–Trinajstić information content (AvgIpc) is 3.12. The molecule has 0 radical (unpaired) electrons. The lowest BCUT2D eigenvalue weighted by Crippen LogP contribution is -2.35. The minimum atomic E-state index is -0.332. The maximum Gasteiger partial charge on any atom is 0.225 e. The molecule has 4 rings (SSSR count). The Bertz CT molecular complexity index is 899. The van der Waals surface area contributed by atoms with Crippen LogP contribution in [0, 0.1) is 0 Å². The van der Waals surface area contributed by atoms with Crippen LogP contribution < -0.4 is 14.8 Å². The molecule has 0 aliphatic carbocycles. The number of fused-ring (bicyclic) bond motifs is 1. The second-order valence-electron chi connectivity index (χ2n) is 7.87. The molecular formula is C24H28N2O4. The Hall–Kier alpha value is -3.02. The quantitative estimate of drug-likeness (QED) is 0.818. The van der Waals surface area contributed by atoms with Gasteiger partial charge < -0.3 is 19.7 Å². The van der Waals surface area contributed by atoms with E-state index in [0.717, 1.165) is 48.4 Å². The van der Waals surface area contributed by atoms with Crippen molar-refractivity contribution < 1.29 is 19.1 Å². The highest BCUT2D eigenvalue weighted by Crippen LogP contribution is 2.38. The van der Waals surface area contributed by atoms with Crippen LogP contribution >= 0.6 is 0 Å². The first-order valence-corrected chi connectivity index (χ1v) is 10.6. The monoisotopic (exact) mass is 408 g/mol. The van der Waals surface area contributed by atoms with E-state index < -0.39 is 0 Å². The number of carbonyl (C=O) groups is 2. The number of amides is 2. The summed E-state index contributed by atoms with van der Waals surface area (Å²) >= 11 is 0. The first-order valence-electron chi connectivity index (χ1n) is 10.6. The fraction of sp³-hybridized carbons (Fsp3) is 0.417. The van der Waals surface area contributed by atoms with Gasteiger partial charge in [0.15, 0.2) is 11.5 Å². The maximum atomic E-state index is 13.3. The number of ether oxygens (including phenoxy) is 2. The molecule has 1 saturated heterocycles. The van der Waals surface area contributed by atoms with Gasteiger partial charge in [-0.25, -0.2) is 0 Å². The Morgan fingerprint density at radius 1 is 1.07 bits per heavy atom. The van der Waals surface area contributed by atoms with Crippen molar-refractivity contribution in [2.75, 3.05) is 19.8 Å². The van der Waals surface area contributed by atoms with Crippen molar-refractivity contribution in [3.8, 4) is 11.5 Å². The van der Waals surface area contributed by atoms with E-state index in [1.54, 1.807) is 0 Å². The van der Waals surface area contributed by atoms with E-state index in [2.05, 4.69) is 5.32 Å². The van der Waals surface area contributed by atoms with Crippen LogP contribution in [0.5, 0.6) is 11.5 Å². The highest BCUT2D eigenvalue weighted by atomic mass is 16.5. The number of benzene rings is 2. The van der Waals surface area contributed by atoms with Gasteiger partial charge in [0.25, 0.3) is 0 Å². The lowest BCUT2D eigenvalue weighted by atomic mass is 10.0. The summed E-state index contributed by atoms with van der Waals surface area (Å²) in [6.45, 7) is 3.50. The maximum absolute atomic E-state index is 13.3. The molecule has 2 aromatic rings. The van der Waals surface area contributed by atoms with Crippen molar-refractivity contribution in [2.24, 2.45) is 0 Å². The predicted molar refractivity (Wildman–Crippen MR) is 113 cm³/mol. The van der Waals surface area contributed by atoms with Gasteiger partial charge in [-0.15, -0.1) is 0 Å². The van der Waals surface area contributed by atoms with E-state index in [1.807, 2.05) is 53.4 Å². The molecule has 2 aliphatic rings. The fourth-order valence-electron chi connectivity index (χ4n) is 4.27. The summed E-state index contributed by atoms with van der Waals surface area (Å²) in [4.78, 5) is 26.9. The Balaban J connectivity index is 1.52. The summed E-state index contributed by atoms with van der Waals surface area (Å²) in [6.07, 6.45) is 2.98. The van der Waals surface area contributed by atoms with E-state index in [4.69, 9.17) is 9.47 Å². The minimum absolute atomic E-state index is 0.0170. The van der Waals surface area contributed by atoms with Gasteiger partial charge in [-0.3, -0.25) is 9.59 Å². The molecule has 2 atom stereocenters. The normalized spacial score (nSPS) is 19.1. The largest absolute Gasteiger partial charge is 0.490 e. The summed E-state index contributed by atoms with van der Waals surface area (Å²) in [6, 6.07) is 15.3. The predicted octanol–water partition coefficient (Wildman–Crippen LogP) is 3.78. The molecule has 0 spiro atoms. The van der Waals surface area contributed by atoms with Crippen molar-refractivity contribution in [3.63, 3.8) is 0 Å². The Kier molecular flexibility index (Phi) is 6.21. The van der Waals surface area contributed by atoms with Gasteiger partial charge in [0.05, 0.1) is 31.7 Å². The second-order valence-corrected chi connectivity index (χ2v) is 7.87. The molecule has 2 amide bonds. The SMILES string of the molecule is CC(=O)N[C@H](CC(=O)N1CCC[C@H]1c1ccc2c(c1)OCCCO2)c1ccccc1. The van der Waals surface area contributed by atoms with Gasteiger partial charge in [-0.2, -0.15) is 0 Å².